The van der Waals surface area contributed by atoms with E-state index < -0.39 is 11.8 Å². The van der Waals surface area contributed by atoms with Gasteiger partial charge in [0.2, 0.25) is 0 Å². The second-order valence-corrected chi connectivity index (χ2v) is 9.48. The number of esters is 1. The van der Waals surface area contributed by atoms with E-state index >= 15 is 0 Å². The first kappa shape index (κ1) is 24.5. The predicted octanol–water partition coefficient (Wildman–Crippen LogP) is 5.09. The molecule has 2 aromatic carbocycles. The van der Waals surface area contributed by atoms with Crippen LogP contribution >= 0.6 is 0 Å². The number of carbonyl (C=O) groups excluding carboxylic acids is 2. The molecule has 0 saturated carbocycles. The van der Waals surface area contributed by atoms with Gasteiger partial charge in [0.15, 0.2) is 5.78 Å². The molecule has 6 nitrogen and oxygen atoms in total. The largest absolute Gasteiger partial charge is 0.497 e. The van der Waals surface area contributed by atoms with Gasteiger partial charge in [0.1, 0.15) is 11.7 Å². The Kier molecular flexibility index (Phi) is 7.17. The van der Waals surface area contributed by atoms with Crippen LogP contribution in [0.1, 0.15) is 41.4 Å². The highest BCUT2D eigenvalue weighted by Gasteiger charge is 2.45. The molecular formula is C31H30N2O4. The molecule has 1 aliphatic heterocycles. The van der Waals surface area contributed by atoms with Gasteiger partial charge in [-0.25, -0.2) is 0 Å². The smallest absolute Gasteiger partial charge is 0.315 e. The third kappa shape index (κ3) is 5.19. The molecule has 6 heteroatoms. The van der Waals surface area contributed by atoms with E-state index in [0.29, 0.717) is 30.5 Å². The number of pyridine rings is 1. The number of aromatic nitrogens is 1. The van der Waals surface area contributed by atoms with Crippen LogP contribution in [0, 0.1) is 5.92 Å². The molecule has 0 fully saturated rings. The molecule has 0 spiro atoms. The second kappa shape index (κ2) is 10.8. The van der Waals surface area contributed by atoms with Gasteiger partial charge in [0, 0.05) is 48.1 Å². The highest BCUT2D eigenvalue weighted by Crippen LogP contribution is 2.47. The molecule has 1 N–H and O–H groups in total. The minimum Gasteiger partial charge on any atom is -0.497 e. The van der Waals surface area contributed by atoms with E-state index in [0.717, 1.165) is 28.1 Å². The molecule has 0 radical (unpaired) electrons. The first-order chi connectivity index (χ1) is 18.0. The Bertz CT molecular complexity index is 1320. The van der Waals surface area contributed by atoms with Crippen LogP contribution in [0.25, 0.3) is 0 Å². The molecule has 5 rings (SSSR count). The molecule has 0 bridgehead atoms. The van der Waals surface area contributed by atoms with E-state index in [1.165, 1.54) is 0 Å². The topological polar surface area (TPSA) is 77.5 Å². The number of methoxy groups -OCH3 is 1. The summed E-state index contributed by atoms with van der Waals surface area (Å²) in [5, 5.41) is 3.33. The van der Waals surface area contributed by atoms with Crippen molar-refractivity contribution in [2.75, 3.05) is 13.7 Å². The lowest BCUT2D eigenvalue weighted by Gasteiger charge is -2.40. The van der Waals surface area contributed by atoms with Crippen molar-refractivity contribution in [3.8, 4) is 5.75 Å². The molecule has 3 unspecified atom stereocenters. The first-order valence-corrected chi connectivity index (χ1v) is 12.5. The van der Waals surface area contributed by atoms with Crippen LogP contribution in [0.3, 0.4) is 0 Å². The Labute approximate surface area is 217 Å². The molecular weight excluding hydrogens is 464 g/mol. The predicted molar refractivity (Wildman–Crippen MR) is 141 cm³/mol. The molecule has 2 heterocycles. The van der Waals surface area contributed by atoms with Gasteiger partial charge in [-0.3, -0.25) is 14.6 Å². The van der Waals surface area contributed by atoms with Gasteiger partial charge in [-0.1, -0.05) is 49.0 Å². The van der Waals surface area contributed by atoms with E-state index in [2.05, 4.69) is 16.9 Å². The monoisotopic (exact) mass is 494 g/mol. The van der Waals surface area contributed by atoms with Gasteiger partial charge >= 0.3 is 5.97 Å². The van der Waals surface area contributed by atoms with Crippen LogP contribution in [0.15, 0.2) is 103 Å². The van der Waals surface area contributed by atoms with Crippen molar-refractivity contribution in [1.82, 2.24) is 10.3 Å². The molecule has 37 heavy (non-hydrogen) atoms. The lowest BCUT2D eigenvalue weighted by Crippen LogP contribution is -2.42. The summed E-state index contributed by atoms with van der Waals surface area (Å²) >= 11 is 0. The van der Waals surface area contributed by atoms with Crippen molar-refractivity contribution in [3.05, 3.63) is 119 Å². The molecule has 2 aliphatic rings. The van der Waals surface area contributed by atoms with Gasteiger partial charge in [-0.2, -0.15) is 0 Å². The van der Waals surface area contributed by atoms with Gasteiger partial charge in [-0.15, -0.1) is 0 Å². The lowest BCUT2D eigenvalue weighted by atomic mass is 9.69. The van der Waals surface area contributed by atoms with Crippen LogP contribution in [-0.2, 0) is 20.7 Å². The number of hydrogen-bond donors (Lipinski definition) is 1. The Morgan fingerprint density at radius 2 is 1.73 bits per heavy atom. The van der Waals surface area contributed by atoms with Gasteiger partial charge in [0.25, 0.3) is 0 Å². The Morgan fingerprint density at radius 3 is 2.43 bits per heavy atom. The van der Waals surface area contributed by atoms with Gasteiger partial charge < -0.3 is 14.8 Å². The zero-order valence-electron chi connectivity index (χ0n) is 20.9. The quantitative estimate of drug-likeness (QED) is 0.461. The zero-order valence-corrected chi connectivity index (χ0v) is 20.9. The molecule has 0 saturated heterocycles. The van der Waals surface area contributed by atoms with Crippen LogP contribution in [0.4, 0.5) is 0 Å². The zero-order chi connectivity index (χ0) is 25.8. The molecule has 188 valence electrons. The fraction of sp³-hybridized carbons (Fsp3) is 0.258. The SMILES string of the molecule is C=C1NC2=C(C(=O)CC(c3ccc(OC)cc3)C2)C(c2ccncc2)C1C(=O)OCCc1ccccc1. The van der Waals surface area contributed by atoms with Crippen molar-refractivity contribution in [3.63, 3.8) is 0 Å². The number of Topliss-reactive ketones (excluding diaryl/α,β-unsaturated/α-hetero) is 1. The maximum absolute atomic E-state index is 13.7. The summed E-state index contributed by atoms with van der Waals surface area (Å²) in [7, 11) is 1.64. The molecule has 0 amide bonds. The molecule has 3 atom stereocenters. The van der Waals surface area contributed by atoms with Crippen LogP contribution in [0.5, 0.6) is 5.75 Å². The highest BCUT2D eigenvalue weighted by atomic mass is 16.5. The minimum absolute atomic E-state index is 0.0323. The molecule has 1 aliphatic carbocycles. The molecule has 3 aromatic rings. The average Bonchev–Trinajstić information content (AvgIpc) is 2.93. The number of rotatable bonds is 7. The van der Waals surface area contributed by atoms with Crippen molar-refractivity contribution in [1.29, 1.82) is 0 Å². The summed E-state index contributed by atoms with van der Waals surface area (Å²) < 4.78 is 11.0. The molecule has 1 aromatic heterocycles. The third-order valence-corrected chi connectivity index (χ3v) is 7.22. The number of nitrogens with zero attached hydrogens (tertiary/aromatic N) is 1. The summed E-state index contributed by atoms with van der Waals surface area (Å²) in [6.45, 7) is 4.46. The summed E-state index contributed by atoms with van der Waals surface area (Å²) in [4.78, 5) is 31.2. The van der Waals surface area contributed by atoms with Crippen molar-refractivity contribution >= 4 is 11.8 Å². The van der Waals surface area contributed by atoms with Gasteiger partial charge in [-0.05, 0) is 53.3 Å². The summed E-state index contributed by atoms with van der Waals surface area (Å²) in [5.74, 6) is -0.720. The Morgan fingerprint density at radius 1 is 1.00 bits per heavy atom. The highest BCUT2D eigenvalue weighted by molar-refractivity contribution is 6.01. The van der Waals surface area contributed by atoms with E-state index in [4.69, 9.17) is 9.47 Å². The summed E-state index contributed by atoms with van der Waals surface area (Å²) in [6.07, 6.45) is 5.02. The number of ether oxygens (including phenoxy) is 2. The fourth-order valence-electron chi connectivity index (χ4n) is 5.37. The first-order valence-electron chi connectivity index (χ1n) is 12.5. The standard InChI is InChI=1S/C31H30N2O4/c1-20-28(31(35)37-17-14-21-6-4-3-5-7-21)29(23-12-15-32-16-13-23)30-26(33-20)18-24(19-27(30)34)22-8-10-25(36-2)11-9-22/h3-13,15-16,24,28-29,33H,1,14,17-19H2,2H3. The number of nitrogens with one attached hydrogen (secondary N) is 1. The lowest BCUT2D eigenvalue weighted by molar-refractivity contribution is -0.147. The average molecular weight is 495 g/mol. The maximum atomic E-state index is 13.7. The van der Waals surface area contributed by atoms with E-state index in [1.807, 2.05) is 66.7 Å². The third-order valence-electron chi connectivity index (χ3n) is 7.22. The van der Waals surface area contributed by atoms with E-state index in [9.17, 15) is 9.59 Å². The van der Waals surface area contributed by atoms with E-state index in [1.54, 1.807) is 19.5 Å². The fourth-order valence-corrected chi connectivity index (χ4v) is 5.37. The maximum Gasteiger partial charge on any atom is 0.315 e. The Hall–Kier alpha value is -4.19. The van der Waals surface area contributed by atoms with Crippen LogP contribution < -0.4 is 10.1 Å². The van der Waals surface area contributed by atoms with Crippen LogP contribution in [0.2, 0.25) is 0 Å². The number of benzene rings is 2. The Balaban J connectivity index is 1.42. The van der Waals surface area contributed by atoms with Crippen molar-refractivity contribution in [2.24, 2.45) is 5.92 Å². The summed E-state index contributed by atoms with van der Waals surface area (Å²) in [6, 6.07) is 21.5. The van der Waals surface area contributed by atoms with Gasteiger partial charge in [0.05, 0.1) is 13.7 Å². The van der Waals surface area contributed by atoms with Crippen molar-refractivity contribution in [2.45, 2.75) is 31.1 Å². The number of allylic oxidation sites excluding steroid dienone is 2. The normalized spacial score (nSPS) is 21.2. The number of ketones is 1. The number of hydrogen-bond acceptors (Lipinski definition) is 6. The van der Waals surface area contributed by atoms with E-state index in [-0.39, 0.29) is 24.3 Å². The van der Waals surface area contributed by atoms with Crippen molar-refractivity contribution < 1.29 is 19.1 Å². The second-order valence-electron chi connectivity index (χ2n) is 9.48. The van der Waals surface area contributed by atoms with Crippen LogP contribution in [-0.4, -0.2) is 30.5 Å². The summed E-state index contributed by atoms with van der Waals surface area (Å²) in [5.41, 5.74) is 5.06. The minimum atomic E-state index is -0.710. The number of carbonyl (C=O) groups is 2.